The lowest BCUT2D eigenvalue weighted by molar-refractivity contribution is 1.28. The number of nitrogens with zero attached hydrogens (tertiary/aromatic N) is 5. The quantitative estimate of drug-likeness (QED) is 0.233. The van der Waals surface area contributed by atoms with Gasteiger partial charge >= 0.3 is 0 Å². The van der Waals surface area contributed by atoms with Crippen molar-refractivity contribution in [3.05, 3.63) is 75.7 Å². The summed E-state index contributed by atoms with van der Waals surface area (Å²) in [7, 11) is 0. The number of fused-ring (bicyclic) bond motifs is 8. The molecule has 27 heavy (non-hydrogen) atoms. The van der Waals surface area contributed by atoms with Gasteiger partial charge in [0.2, 0.25) is 0 Å². The topological polar surface area (TPSA) is 106 Å². The van der Waals surface area contributed by atoms with Gasteiger partial charge in [0, 0.05) is 21.5 Å². The molecule has 0 radical (unpaired) electrons. The fraction of sp³-hybridized carbons (Fsp3) is 0. The van der Waals surface area contributed by atoms with Crippen molar-refractivity contribution in [1.29, 1.82) is 0 Å². The number of azide groups is 1. The summed E-state index contributed by atoms with van der Waals surface area (Å²) < 4.78 is 0. The van der Waals surface area contributed by atoms with Gasteiger partial charge in [-0.1, -0.05) is 5.11 Å². The molecule has 7 heteroatoms. The van der Waals surface area contributed by atoms with Crippen molar-refractivity contribution in [2.24, 2.45) is 5.11 Å². The van der Waals surface area contributed by atoms with Crippen molar-refractivity contribution in [3.8, 4) is 0 Å². The molecule has 2 aliphatic heterocycles. The molecule has 0 saturated carbocycles. The number of aromatic nitrogens is 4. The van der Waals surface area contributed by atoms with Gasteiger partial charge in [-0.15, -0.1) is 0 Å². The number of rotatable bonds is 1. The molecule has 5 rings (SSSR count). The Balaban J connectivity index is 1.87. The SMILES string of the molecule is [N-]=[N+]=Nc1cc2cc3ccc(cc4nc(cc5nc(cc1[nH]2)C=C5)C=C4)[nH]3. The van der Waals surface area contributed by atoms with Gasteiger partial charge in [-0.05, 0) is 72.3 Å². The molecule has 0 aromatic carbocycles. The van der Waals surface area contributed by atoms with Crippen LogP contribution in [0.25, 0.3) is 56.8 Å². The summed E-state index contributed by atoms with van der Waals surface area (Å²) in [5.41, 5.74) is 16.1. The first-order chi connectivity index (χ1) is 13.2. The third-order valence-electron chi connectivity index (χ3n) is 4.30. The first-order valence-electron chi connectivity index (χ1n) is 8.39. The fourth-order valence-corrected chi connectivity index (χ4v) is 3.13. The van der Waals surface area contributed by atoms with Crippen molar-refractivity contribution >= 4 is 52.1 Å². The van der Waals surface area contributed by atoms with Crippen LogP contribution in [0.1, 0.15) is 22.8 Å². The zero-order valence-corrected chi connectivity index (χ0v) is 14.1. The van der Waals surface area contributed by atoms with Crippen LogP contribution in [0.5, 0.6) is 0 Å². The van der Waals surface area contributed by atoms with E-state index in [4.69, 9.17) is 5.53 Å². The van der Waals surface area contributed by atoms with E-state index in [9.17, 15) is 0 Å². The minimum absolute atomic E-state index is 0.529. The Morgan fingerprint density at radius 1 is 0.704 bits per heavy atom. The lowest BCUT2D eigenvalue weighted by Crippen LogP contribution is -1.77. The Kier molecular flexibility index (Phi) is 3.38. The first kappa shape index (κ1) is 15.2. The maximum Gasteiger partial charge on any atom is 0.0659 e. The third kappa shape index (κ3) is 2.99. The van der Waals surface area contributed by atoms with Gasteiger partial charge in [-0.25, -0.2) is 9.97 Å². The number of nitrogens with one attached hydrogen (secondary N) is 2. The standard InChI is InChI=1S/C20H13N7/c21-27-26-20-11-18-9-16-4-3-14(23-16)7-12-1-2-13(22-12)8-15-5-6-17(24-15)10-19(20)25-18/h1-11,23,25H. The lowest BCUT2D eigenvalue weighted by Gasteiger charge is -1.87. The molecular weight excluding hydrogens is 338 g/mol. The molecule has 0 aliphatic carbocycles. The van der Waals surface area contributed by atoms with E-state index in [0.29, 0.717) is 11.2 Å². The predicted molar refractivity (Wildman–Crippen MR) is 108 cm³/mol. The largest absolute Gasteiger partial charge is 0.355 e. The summed E-state index contributed by atoms with van der Waals surface area (Å²) in [5.74, 6) is 0. The van der Waals surface area contributed by atoms with Crippen LogP contribution < -0.4 is 0 Å². The molecule has 3 aromatic heterocycles. The van der Waals surface area contributed by atoms with E-state index in [0.717, 1.165) is 39.3 Å². The van der Waals surface area contributed by atoms with Gasteiger partial charge in [0.05, 0.1) is 34.0 Å². The molecule has 2 N–H and O–H groups in total. The van der Waals surface area contributed by atoms with E-state index >= 15 is 0 Å². The summed E-state index contributed by atoms with van der Waals surface area (Å²) in [6.07, 6.45) is 7.80. The van der Waals surface area contributed by atoms with Gasteiger partial charge in [-0.2, -0.15) is 0 Å². The van der Waals surface area contributed by atoms with Gasteiger partial charge < -0.3 is 9.97 Å². The number of H-pyrrole nitrogens is 2. The van der Waals surface area contributed by atoms with Crippen LogP contribution in [0.15, 0.2) is 47.6 Å². The van der Waals surface area contributed by atoms with E-state index in [-0.39, 0.29) is 0 Å². The Hall–Kier alpha value is -4.09. The molecule has 0 amide bonds. The zero-order chi connectivity index (χ0) is 18.2. The fourth-order valence-electron chi connectivity index (χ4n) is 3.13. The second kappa shape index (κ2) is 6.01. The monoisotopic (exact) mass is 351 g/mol. The number of hydrogen-bond acceptors (Lipinski definition) is 3. The maximum atomic E-state index is 8.85. The Bertz CT molecular complexity index is 1330. The van der Waals surface area contributed by atoms with Crippen molar-refractivity contribution in [2.75, 3.05) is 0 Å². The molecule has 3 aromatic rings. The van der Waals surface area contributed by atoms with Crippen LogP contribution in [0.2, 0.25) is 0 Å². The zero-order valence-electron chi connectivity index (χ0n) is 14.1. The summed E-state index contributed by atoms with van der Waals surface area (Å²) in [4.78, 5) is 18.7. The minimum Gasteiger partial charge on any atom is -0.355 e. The Labute approximate surface area is 153 Å². The van der Waals surface area contributed by atoms with Crippen LogP contribution in [0.3, 0.4) is 0 Å². The van der Waals surface area contributed by atoms with Crippen LogP contribution in [0, 0.1) is 0 Å². The smallest absolute Gasteiger partial charge is 0.0659 e. The molecule has 0 unspecified atom stereocenters. The summed E-state index contributed by atoms with van der Waals surface area (Å²) in [5, 5.41) is 3.79. The molecule has 8 bridgehead atoms. The number of aromatic amines is 2. The summed E-state index contributed by atoms with van der Waals surface area (Å²) >= 11 is 0. The van der Waals surface area contributed by atoms with Gasteiger partial charge in [0.1, 0.15) is 0 Å². The van der Waals surface area contributed by atoms with Gasteiger partial charge in [-0.3, -0.25) is 0 Å². The molecule has 0 atom stereocenters. The highest BCUT2D eigenvalue weighted by Crippen LogP contribution is 2.24. The molecule has 0 saturated heterocycles. The Morgan fingerprint density at radius 3 is 2.04 bits per heavy atom. The second-order valence-electron chi connectivity index (χ2n) is 6.25. The first-order valence-corrected chi connectivity index (χ1v) is 8.39. The van der Waals surface area contributed by atoms with Crippen molar-refractivity contribution < 1.29 is 0 Å². The Morgan fingerprint density at radius 2 is 1.33 bits per heavy atom. The highest BCUT2D eigenvalue weighted by Gasteiger charge is 2.04. The van der Waals surface area contributed by atoms with Gasteiger partial charge in [0.25, 0.3) is 0 Å². The van der Waals surface area contributed by atoms with Crippen molar-refractivity contribution in [1.82, 2.24) is 19.9 Å². The normalized spacial score (nSPS) is 12.1. The van der Waals surface area contributed by atoms with E-state index in [1.807, 2.05) is 66.8 Å². The van der Waals surface area contributed by atoms with E-state index < -0.39 is 0 Å². The second-order valence-corrected chi connectivity index (χ2v) is 6.25. The van der Waals surface area contributed by atoms with Crippen molar-refractivity contribution in [3.63, 3.8) is 0 Å². The summed E-state index contributed by atoms with van der Waals surface area (Å²) in [6, 6.07) is 13.5. The molecule has 2 aliphatic rings. The van der Waals surface area contributed by atoms with Crippen LogP contribution >= 0.6 is 0 Å². The van der Waals surface area contributed by atoms with Crippen LogP contribution in [-0.4, -0.2) is 19.9 Å². The lowest BCUT2D eigenvalue weighted by atomic mass is 10.3. The van der Waals surface area contributed by atoms with E-state index in [2.05, 4.69) is 30.0 Å². The van der Waals surface area contributed by atoms with Crippen LogP contribution in [-0.2, 0) is 0 Å². The highest BCUT2D eigenvalue weighted by molar-refractivity contribution is 5.82. The number of hydrogen-bond donors (Lipinski definition) is 2. The van der Waals surface area contributed by atoms with E-state index in [1.165, 1.54) is 0 Å². The molecule has 5 heterocycles. The van der Waals surface area contributed by atoms with Crippen molar-refractivity contribution in [2.45, 2.75) is 0 Å². The molecular formula is C20H13N7. The molecule has 128 valence electrons. The summed E-state index contributed by atoms with van der Waals surface area (Å²) in [6.45, 7) is 0. The average molecular weight is 351 g/mol. The molecule has 0 spiro atoms. The van der Waals surface area contributed by atoms with Crippen LogP contribution in [0.4, 0.5) is 5.69 Å². The third-order valence-corrected chi connectivity index (χ3v) is 4.30. The molecule has 0 fully saturated rings. The minimum atomic E-state index is 0.529. The van der Waals surface area contributed by atoms with Gasteiger partial charge in [0.15, 0.2) is 0 Å². The average Bonchev–Trinajstić information content (AvgIpc) is 3.41. The highest BCUT2D eigenvalue weighted by atomic mass is 15.1. The maximum absolute atomic E-state index is 8.85. The van der Waals surface area contributed by atoms with E-state index in [1.54, 1.807) is 0 Å². The predicted octanol–water partition coefficient (Wildman–Crippen LogP) is 5.60. The molecule has 7 nitrogen and oxygen atoms in total.